The minimum absolute atomic E-state index is 0.0689. The summed E-state index contributed by atoms with van der Waals surface area (Å²) in [5.74, 6) is 0.100. The number of non-ortho nitro benzene ring substituents is 1. The molecule has 3 heterocycles. The number of carbonyl (C=O) groups is 1. The van der Waals surface area contributed by atoms with E-state index in [1.807, 2.05) is 38.1 Å². The molecule has 0 saturated carbocycles. The van der Waals surface area contributed by atoms with Crippen LogP contribution in [0, 0.1) is 24.0 Å². The highest BCUT2D eigenvalue weighted by Crippen LogP contribution is 2.36. The van der Waals surface area contributed by atoms with Gasteiger partial charge in [-0.25, -0.2) is 9.79 Å². The molecule has 198 valence electrons. The molecule has 0 saturated heterocycles. The molecule has 1 aliphatic rings. The fraction of sp³-hybridized carbons (Fsp3) is 0.207. The highest BCUT2D eigenvalue weighted by atomic mass is 32.1. The van der Waals surface area contributed by atoms with Gasteiger partial charge in [0.15, 0.2) is 4.80 Å². The smallest absolute Gasteiger partial charge is 0.338 e. The van der Waals surface area contributed by atoms with E-state index in [1.54, 1.807) is 38.1 Å². The lowest BCUT2D eigenvalue weighted by atomic mass is 10.0. The first kappa shape index (κ1) is 26.1. The molecule has 2 aromatic heterocycles. The Balaban J connectivity index is 1.69. The van der Waals surface area contributed by atoms with Crippen LogP contribution in [-0.2, 0) is 9.53 Å². The molecule has 9 nitrogen and oxygen atoms in total. The van der Waals surface area contributed by atoms with Gasteiger partial charge < -0.3 is 9.15 Å². The fourth-order valence-corrected chi connectivity index (χ4v) is 5.55. The molecule has 0 radical (unpaired) electrons. The quantitative estimate of drug-likeness (QED) is 0.200. The Morgan fingerprint density at radius 2 is 1.90 bits per heavy atom. The predicted octanol–water partition coefficient (Wildman–Crippen LogP) is 4.58. The van der Waals surface area contributed by atoms with Crippen molar-refractivity contribution in [3.8, 4) is 11.3 Å². The van der Waals surface area contributed by atoms with Crippen LogP contribution in [0.25, 0.3) is 17.4 Å². The zero-order valence-electron chi connectivity index (χ0n) is 21.8. The van der Waals surface area contributed by atoms with Crippen LogP contribution in [0.3, 0.4) is 0 Å². The maximum Gasteiger partial charge on any atom is 0.338 e. The lowest BCUT2D eigenvalue weighted by Gasteiger charge is -2.22. The Hall–Kier alpha value is -4.57. The van der Waals surface area contributed by atoms with Gasteiger partial charge in [0.05, 0.1) is 27.3 Å². The van der Waals surface area contributed by atoms with Crippen molar-refractivity contribution in [2.75, 3.05) is 6.61 Å². The van der Waals surface area contributed by atoms with Gasteiger partial charge in [-0.1, -0.05) is 47.2 Å². The Morgan fingerprint density at radius 3 is 2.59 bits per heavy atom. The molecule has 1 aliphatic heterocycles. The minimum Gasteiger partial charge on any atom is -0.463 e. The maximum atomic E-state index is 13.7. The van der Waals surface area contributed by atoms with Gasteiger partial charge in [-0.2, -0.15) is 0 Å². The normalized spacial score (nSPS) is 15.2. The number of esters is 1. The van der Waals surface area contributed by atoms with Crippen LogP contribution in [0.15, 0.2) is 80.1 Å². The van der Waals surface area contributed by atoms with E-state index < -0.39 is 16.9 Å². The van der Waals surface area contributed by atoms with Gasteiger partial charge >= 0.3 is 5.97 Å². The number of carbonyl (C=O) groups excluding carboxylic acids is 1. The van der Waals surface area contributed by atoms with Crippen molar-refractivity contribution in [2.45, 2.75) is 33.7 Å². The number of nitro groups is 1. The van der Waals surface area contributed by atoms with Crippen molar-refractivity contribution >= 4 is 29.1 Å². The summed E-state index contributed by atoms with van der Waals surface area (Å²) in [6.45, 7) is 7.37. The second-order valence-corrected chi connectivity index (χ2v) is 10.2. The lowest BCUT2D eigenvalue weighted by Crippen LogP contribution is -2.39. The molecule has 0 aliphatic carbocycles. The number of fused-ring (bicyclic) bond motifs is 1. The summed E-state index contributed by atoms with van der Waals surface area (Å²) in [4.78, 5) is 42.8. The van der Waals surface area contributed by atoms with Crippen molar-refractivity contribution < 1.29 is 18.9 Å². The van der Waals surface area contributed by atoms with Crippen molar-refractivity contribution in [1.82, 2.24) is 4.57 Å². The summed E-state index contributed by atoms with van der Waals surface area (Å²) >= 11 is 1.23. The molecule has 2 aromatic carbocycles. The van der Waals surface area contributed by atoms with Crippen LogP contribution in [0.1, 0.15) is 42.3 Å². The summed E-state index contributed by atoms with van der Waals surface area (Å²) in [6, 6.07) is 14.8. The molecule has 0 unspecified atom stereocenters. The van der Waals surface area contributed by atoms with Gasteiger partial charge in [0.2, 0.25) is 0 Å². The molecule has 0 N–H and O–H groups in total. The highest BCUT2D eigenvalue weighted by Gasteiger charge is 2.35. The van der Waals surface area contributed by atoms with E-state index in [0.29, 0.717) is 32.1 Å². The van der Waals surface area contributed by atoms with Gasteiger partial charge in [-0.15, -0.1) is 0 Å². The summed E-state index contributed by atoms with van der Waals surface area (Å²) < 4.78 is 13.5. The van der Waals surface area contributed by atoms with Crippen molar-refractivity contribution in [3.05, 3.63) is 118 Å². The Labute approximate surface area is 227 Å². The van der Waals surface area contributed by atoms with Gasteiger partial charge in [-0.3, -0.25) is 19.5 Å². The molecule has 1 atom stereocenters. The third-order valence-corrected chi connectivity index (χ3v) is 7.47. The van der Waals surface area contributed by atoms with E-state index in [-0.39, 0.29) is 23.4 Å². The number of thiazole rings is 1. The summed E-state index contributed by atoms with van der Waals surface area (Å²) in [5.41, 5.74) is 3.53. The second kappa shape index (κ2) is 10.3. The first-order valence-corrected chi connectivity index (χ1v) is 13.1. The Kier molecular flexibility index (Phi) is 6.88. The van der Waals surface area contributed by atoms with Crippen LogP contribution >= 0.6 is 11.3 Å². The number of aromatic nitrogens is 1. The van der Waals surface area contributed by atoms with E-state index in [9.17, 15) is 19.7 Å². The number of aryl methyl sites for hydroxylation is 2. The zero-order valence-corrected chi connectivity index (χ0v) is 22.6. The predicted molar refractivity (Wildman–Crippen MR) is 147 cm³/mol. The number of rotatable bonds is 6. The Bertz CT molecular complexity index is 1830. The van der Waals surface area contributed by atoms with E-state index in [0.717, 1.165) is 16.7 Å². The monoisotopic (exact) mass is 543 g/mol. The minimum atomic E-state index is -0.923. The molecular formula is C29H25N3O6S. The number of hydrogen-bond donors (Lipinski definition) is 0. The van der Waals surface area contributed by atoms with Gasteiger partial charge in [0, 0.05) is 17.7 Å². The average molecular weight is 544 g/mol. The summed E-state index contributed by atoms with van der Waals surface area (Å²) in [5, 5.41) is 11.4. The van der Waals surface area contributed by atoms with Crippen LogP contribution in [0.2, 0.25) is 0 Å². The largest absolute Gasteiger partial charge is 0.463 e. The fourth-order valence-electron chi connectivity index (χ4n) is 4.51. The van der Waals surface area contributed by atoms with E-state index in [4.69, 9.17) is 9.15 Å². The molecular weight excluding hydrogens is 518 g/mol. The molecule has 0 bridgehead atoms. The molecule has 4 aromatic rings. The van der Waals surface area contributed by atoms with Crippen molar-refractivity contribution in [1.29, 1.82) is 0 Å². The van der Waals surface area contributed by atoms with E-state index in [2.05, 4.69) is 4.99 Å². The number of nitrogens with zero attached hydrogens (tertiary/aromatic N) is 3. The molecule has 39 heavy (non-hydrogen) atoms. The maximum absolute atomic E-state index is 13.7. The van der Waals surface area contributed by atoms with Crippen LogP contribution in [0.4, 0.5) is 5.69 Å². The first-order chi connectivity index (χ1) is 18.7. The zero-order chi connectivity index (χ0) is 27.8. The first-order valence-electron chi connectivity index (χ1n) is 12.3. The van der Waals surface area contributed by atoms with Crippen LogP contribution in [0.5, 0.6) is 0 Å². The second-order valence-electron chi connectivity index (χ2n) is 9.17. The number of nitro benzene ring substituents is 1. The van der Waals surface area contributed by atoms with Gasteiger partial charge in [0.1, 0.15) is 17.6 Å². The number of ether oxygens (including phenoxy) is 1. The topological polar surface area (TPSA) is 117 Å². The van der Waals surface area contributed by atoms with Crippen LogP contribution < -0.4 is 14.9 Å². The third-order valence-electron chi connectivity index (χ3n) is 6.49. The standard InChI is InChI=1S/C29H25N3O6S/c1-5-37-28(34)25-18(4)30-29-31(27(33)24(39-29)14-19-9-6-16(2)7-10-19)26(25)23-13-12-22(38-23)21-15-20(32(35)36)11-8-17(21)3/h6-15,26H,5H2,1-4H3/b24-14-/t26-/m0/s1. The Morgan fingerprint density at radius 1 is 1.15 bits per heavy atom. The van der Waals surface area contributed by atoms with Crippen molar-refractivity contribution in [3.63, 3.8) is 0 Å². The van der Waals surface area contributed by atoms with Crippen LogP contribution in [-0.4, -0.2) is 22.1 Å². The number of furan rings is 1. The molecule has 0 spiro atoms. The van der Waals surface area contributed by atoms with Gasteiger partial charge in [0.25, 0.3) is 11.2 Å². The van der Waals surface area contributed by atoms with Gasteiger partial charge in [-0.05, 0) is 57.0 Å². The number of hydrogen-bond acceptors (Lipinski definition) is 8. The van der Waals surface area contributed by atoms with E-state index >= 15 is 0 Å². The highest BCUT2D eigenvalue weighted by molar-refractivity contribution is 7.07. The molecule has 0 amide bonds. The SMILES string of the molecule is CCOC(=O)C1=C(C)N=c2s/c(=C\c3ccc(C)cc3)c(=O)n2[C@H]1c1ccc(-c2cc([N+](=O)[O-])ccc2C)o1. The number of benzene rings is 2. The van der Waals surface area contributed by atoms with E-state index in [1.165, 1.54) is 28.0 Å². The summed E-state index contributed by atoms with van der Waals surface area (Å²) in [7, 11) is 0. The molecule has 5 rings (SSSR count). The lowest BCUT2D eigenvalue weighted by molar-refractivity contribution is -0.384. The number of allylic oxidation sites excluding steroid dienone is 1. The summed E-state index contributed by atoms with van der Waals surface area (Å²) in [6.07, 6.45) is 1.80. The average Bonchev–Trinajstić information content (AvgIpc) is 3.50. The molecule has 0 fully saturated rings. The molecule has 10 heteroatoms. The third kappa shape index (κ3) is 4.86. The van der Waals surface area contributed by atoms with Crippen molar-refractivity contribution in [2.24, 2.45) is 4.99 Å².